The van der Waals surface area contributed by atoms with E-state index in [1.165, 1.54) is 11.8 Å². The molecule has 1 aromatic carbocycles. The van der Waals surface area contributed by atoms with Crippen LogP contribution < -0.4 is 10.2 Å². The van der Waals surface area contributed by atoms with Crippen LogP contribution in [0, 0.1) is 22.6 Å². The number of hydrogen-bond donors (Lipinski definition) is 1. The molecule has 1 fully saturated rings. The average molecular weight is 408 g/mol. The van der Waals surface area contributed by atoms with Gasteiger partial charge in [-0.05, 0) is 36.1 Å². The van der Waals surface area contributed by atoms with Crippen molar-refractivity contribution in [3.05, 3.63) is 65.6 Å². The van der Waals surface area contributed by atoms with Crippen molar-refractivity contribution in [1.29, 1.82) is 5.26 Å². The standard InChI is InChI=1S/C24H30FN5/c1-18(15-24(2,3)4)29-10-12-30(13-11-29)23-7-5-6-22(28-23)27-17-20-9-8-19(16-26)14-21(20)25/h5-9,14H,1,10-13,15,17H2,2-4H3,(H,27,28). The van der Waals surface area contributed by atoms with E-state index in [1.54, 1.807) is 12.1 Å². The molecule has 0 saturated carbocycles. The van der Waals surface area contributed by atoms with Crippen molar-refractivity contribution in [1.82, 2.24) is 9.88 Å². The van der Waals surface area contributed by atoms with Gasteiger partial charge in [-0.25, -0.2) is 9.37 Å². The molecule has 1 aliphatic rings. The number of nitrogens with one attached hydrogen (secondary N) is 1. The largest absolute Gasteiger partial charge is 0.372 e. The molecule has 2 heterocycles. The van der Waals surface area contributed by atoms with E-state index in [0.29, 0.717) is 23.5 Å². The van der Waals surface area contributed by atoms with Gasteiger partial charge in [0, 0.05) is 44.0 Å². The number of aromatic nitrogens is 1. The molecule has 0 amide bonds. The highest BCUT2D eigenvalue weighted by atomic mass is 19.1. The van der Waals surface area contributed by atoms with Gasteiger partial charge in [0.15, 0.2) is 0 Å². The van der Waals surface area contributed by atoms with E-state index in [0.717, 1.165) is 38.4 Å². The topological polar surface area (TPSA) is 55.2 Å². The van der Waals surface area contributed by atoms with Gasteiger partial charge in [0.1, 0.15) is 17.5 Å². The molecule has 2 aromatic rings. The van der Waals surface area contributed by atoms with Gasteiger partial charge in [0.25, 0.3) is 0 Å². The third-order valence-electron chi connectivity index (χ3n) is 5.16. The van der Waals surface area contributed by atoms with Crippen LogP contribution in [-0.4, -0.2) is 36.1 Å². The quantitative estimate of drug-likeness (QED) is 0.747. The number of nitrogens with zero attached hydrogens (tertiary/aromatic N) is 4. The molecule has 0 aliphatic carbocycles. The number of benzene rings is 1. The Morgan fingerprint density at radius 3 is 2.57 bits per heavy atom. The Kier molecular flexibility index (Phi) is 6.61. The van der Waals surface area contributed by atoms with Crippen molar-refractivity contribution in [3.8, 4) is 6.07 Å². The fraction of sp³-hybridized carbons (Fsp3) is 0.417. The molecule has 158 valence electrons. The minimum absolute atomic E-state index is 0.240. The SMILES string of the molecule is C=C(CC(C)(C)C)N1CCN(c2cccc(NCc3ccc(C#N)cc3F)n2)CC1. The molecule has 5 nitrogen and oxygen atoms in total. The molecule has 0 radical (unpaired) electrons. The highest BCUT2D eigenvalue weighted by Crippen LogP contribution is 2.26. The molecular formula is C24H30FN5. The lowest BCUT2D eigenvalue weighted by atomic mass is 9.90. The van der Waals surface area contributed by atoms with Crippen LogP contribution in [0.3, 0.4) is 0 Å². The number of hydrogen-bond acceptors (Lipinski definition) is 5. The van der Waals surface area contributed by atoms with Gasteiger partial charge in [-0.3, -0.25) is 0 Å². The van der Waals surface area contributed by atoms with Gasteiger partial charge < -0.3 is 15.1 Å². The summed E-state index contributed by atoms with van der Waals surface area (Å²) in [6.07, 6.45) is 0.997. The predicted octanol–water partition coefficient (Wildman–Crippen LogP) is 4.78. The highest BCUT2D eigenvalue weighted by Gasteiger charge is 2.22. The molecule has 0 atom stereocenters. The second kappa shape index (κ2) is 9.17. The van der Waals surface area contributed by atoms with E-state index in [9.17, 15) is 4.39 Å². The number of anilines is 2. The smallest absolute Gasteiger partial charge is 0.131 e. The number of nitriles is 1. The minimum atomic E-state index is -0.385. The number of allylic oxidation sites excluding steroid dienone is 1. The van der Waals surface area contributed by atoms with Crippen LogP contribution in [-0.2, 0) is 6.54 Å². The van der Waals surface area contributed by atoms with Gasteiger partial charge in [-0.2, -0.15) is 5.26 Å². The van der Waals surface area contributed by atoms with Gasteiger partial charge in [-0.1, -0.05) is 39.5 Å². The van der Waals surface area contributed by atoms with Gasteiger partial charge in [-0.15, -0.1) is 0 Å². The van der Waals surface area contributed by atoms with Crippen LogP contribution in [0.15, 0.2) is 48.7 Å². The summed E-state index contributed by atoms with van der Waals surface area (Å²) in [4.78, 5) is 9.35. The summed E-state index contributed by atoms with van der Waals surface area (Å²) in [6.45, 7) is 15.0. The summed E-state index contributed by atoms with van der Waals surface area (Å²) in [6, 6.07) is 12.3. The molecule has 30 heavy (non-hydrogen) atoms. The second-order valence-corrected chi connectivity index (χ2v) is 8.93. The Balaban J connectivity index is 1.57. The Hall–Kier alpha value is -3.07. The van der Waals surface area contributed by atoms with E-state index >= 15 is 0 Å². The van der Waals surface area contributed by atoms with Crippen molar-refractivity contribution in [3.63, 3.8) is 0 Å². The monoisotopic (exact) mass is 407 g/mol. The fourth-order valence-corrected chi connectivity index (χ4v) is 3.62. The zero-order valence-electron chi connectivity index (χ0n) is 18.1. The van der Waals surface area contributed by atoms with Gasteiger partial charge in [0.05, 0.1) is 11.6 Å². The second-order valence-electron chi connectivity index (χ2n) is 8.93. The number of piperazine rings is 1. The Labute approximate surface area is 178 Å². The number of rotatable bonds is 6. The maximum absolute atomic E-state index is 14.1. The minimum Gasteiger partial charge on any atom is -0.372 e. The van der Waals surface area contributed by atoms with Crippen LogP contribution in [0.1, 0.15) is 38.3 Å². The van der Waals surface area contributed by atoms with Gasteiger partial charge in [0.2, 0.25) is 0 Å². The Morgan fingerprint density at radius 2 is 1.93 bits per heavy atom. The van der Waals surface area contributed by atoms with Crippen molar-refractivity contribution in [2.45, 2.75) is 33.7 Å². The lowest BCUT2D eigenvalue weighted by molar-refractivity contribution is 0.276. The molecule has 1 aromatic heterocycles. The molecule has 3 rings (SSSR count). The number of pyridine rings is 1. The number of halogens is 1. The molecule has 6 heteroatoms. The van der Waals surface area contributed by atoms with Crippen LogP contribution in [0.25, 0.3) is 0 Å². The van der Waals surface area contributed by atoms with Crippen molar-refractivity contribution < 1.29 is 4.39 Å². The van der Waals surface area contributed by atoms with E-state index < -0.39 is 0 Å². The summed E-state index contributed by atoms with van der Waals surface area (Å²) in [5, 5.41) is 12.0. The summed E-state index contributed by atoms with van der Waals surface area (Å²) in [7, 11) is 0. The zero-order valence-corrected chi connectivity index (χ0v) is 18.1. The summed E-state index contributed by atoms with van der Waals surface area (Å²) >= 11 is 0. The van der Waals surface area contributed by atoms with Gasteiger partial charge >= 0.3 is 0 Å². The maximum Gasteiger partial charge on any atom is 0.131 e. The Morgan fingerprint density at radius 1 is 1.20 bits per heavy atom. The molecule has 0 unspecified atom stereocenters. The first-order valence-electron chi connectivity index (χ1n) is 10.3. The summed E-state index contributed by atoms with van der Waals surface area (Å²) in [5.41, 5.74) is 2.27. The zero-order chi connectivity index (χ0) is 21.7. The van der Waals surface area contributed by atoms with Crippen molar-refractivity contribution in [2.24, 2.45) is 5.41 Å². The van der Waals surface area contributed by atoms with Crippen LogP contribution in [0.5, 0.6) is 0 Å². The van der Waals surface area contributed by atoms with E-state index in [-0.39, 0.29) is 11.2 Å². The molecular weight excluding hydrogens is 377 g/mol. The van der Waals surface area contributed by atoms with Crippen LogP contribution in [0.4, 0.5) is 16.0 Å². The maximum atomic E-state index is 14.1. The normalized spacial score (nSPS) is 14.4. The summed E-state index contributed by atoms with van der Waals surface area (Å²) < 4.78 is 14.1. The molecule has 1 saturated heterocycles. The molecule has 0 spiro atoms. The lowest BCUT2D eigenvalue weighted by Gasteiger charge is -2.39. The molecule has 1 N–H and O–H groups in total. The first-order valence-corrected chi connectivity index (χ1v) is 10.3. The third-order valence-corrected chi connectivity index (χ3v) is 5.16. The first-order chi connectivity index (χ1) is 14.2. The van der Waals surface area contributed by atoms with E-state index in [2.05, 4.69) is 42.5 Å². The lowest BCUT2D eigenvalue weighted by Crippen LogP contribution is -2.46. The summed E-state index contributed by atoms with van der Waals surface area (Å²) in [5.74, 6) is 1.24. The predicted molar refractivity (Wildman–Crippen MR) is 120 cm³/mol. The Bertz CT molecular complexity index is 933. The third kappa shape index (κ3) is 5.73. The van der Waals surface area contributed by atoms with E-state index in [1.807, 2.05) is 24.3 Å². The first kappa shape index (κ1) is 21.6. The molecule has 0 bridgehead atoms. The van der Waals surface area contributed by atoms with Crippen molar-refractivity contribution >= 4 is 11.6 Å². The fourth-order valence-electron chi connectivity index (χ4n) is 3.62. The van der Waals surface area contributed by atoms with Crippen molar-refractivity contribution in [2.75, 3.05) is 36.4 Å². The van der Waals surface area contributed by atoms with Crippen LogP contribution in [0.2, 0.25) is 0 Å². The molecule has 1 aliphatic heterocycles. The highest BCUT2D eigenvalue weighted by molar-refractivity contribution is 5.48. The van der Waals surface area contributed by atoms with Crippen LogP contribution >= 0.6 is 0 Å². The average Bonchev–Trinajstić information content (AvgIpc) is 2.72. The van der Waals surface area contributed by atoms with E-state index in [4.69, 9.17) is 10.2 Å².